The van der Waals surface area contributed by atoms with E-state index in [-0.39, 0.29) is 21.6 Å². The van der Waals surface area contributed by atoms with Crippen LogP contribution in [-0.2, 0) is 9.59 Å². The Bertz CT molecular complexity index is 1280. The lowest BCUT2D eigenvalue weighted by Gasteiger charge is -2.28. The van der Waals surface area contributed by atoms with E-state index in [0.29, 0.717) is 21.3 Å². The van der Waals surface area contributed by atoms with E-state index in [0.717, 1.165) is 4.90 Å². The molecule has 1 N–H and O–H groups in total. The van der Waals surface area contributed by atoms with E-state index in [4.69, 9.17) is 39.8 Å². The minimum atomic E-state index is -0.708. The molecule has 0 radical (unpaired) electrons. The Hall–Kier alpha value is -3.00. The summed E-state index contributed by atoms with van der Waals surface area (Å²) in [7, 11) is 0. The maximum absolute atomic E-state index is 13.0. The van der Waals surface area contributed by atoms with Gasteiger partial charge in [-0.1, -0.05) is 23.2 Å². The van der Waals surface area contributed by atoms with Crippen molar-refractivity contribution in [3.8, 4) is 0 Å². The van der Waals surface area contributed by atoms with Crippen molar-refractivity contribution in [2.45, 2.75) is 0 Å². The van der Waals surface area contributed by atoms with Crippen LogP contribution in [0.25, 0.3) is 17.0 Å². The topological polar surface area (TPSA) is 79.6 Å². The lowest BCUT2D eigenvalue weighted by atomic mass is 10.1. The smallest absolute Gasteiger partial charge is 0.270 e. The average molecular weight is 445 g/mol. The number of benzene rings is 2. The highest BCUT2D eigenvalue weighted by atomic mass is 35.5. The molecular formula is C20H10Cl2N2O4S. The fraction of sp³-hybridized carbons (Fsp3) is 0. The molecule has 2 amide bonds. The summed E-state index contributed by atoms with van der Waals surface area (Å²) in [4.78, 5) is 39.3. The van der Waals surface area contributed by atoms with Crippen LogP contribution in [-0.4, -0.2) is 16.9 Å². The zero-order chi connectivity index (χ0) is 20.7. The fourth-order valence-electron chi connectivity index (χ4n) is 2.85. The maximum Gasteiger partial charge on any atom is 0.270 e. The largest absolute Gasteiger partial charge is 0.463 e. The number of thiocarbonyl (C=S) groups is 1. The van der Waals surface area contributed by atoms with E-state index < -0.39 is 17.2 Å². The zero-order valence-electron chi connectivity index (χ0n) is 14.4. The Kier molecular flexibility index (Phi) is 4.96. The number of amides is 2. The molecule has 6 nitrogen and oxygen atoms in total. The highest BCUT2D eigenvalue weighted by Gasteiger charge is 2.34. The third-order valence-corrected chi connectivity index (χ3v) is 5.02. The van der Waals surface area contributed by atoms with Gasteiger partial charge in [0.1, 0.15) is 17.4 Å². The highest BCUT2D eigenvalue weighted by Crippen LogP contribution is 2.24. The molecule has 29 heavy (non-hydrogen) atoms. The van der Waals surface area contributed by atoms with E-state index in [1.54, 1.807) is 30.3 Å². The second-order valence-corrected chi connectivity index (χ2v) is 7.35. The van der Waals surface area contributed by atoms with Crippen LogP contribution in [0, 0.1) is 0 Å². The highest BCUT2D eigenvalue weighted by molar-refractivity contribution is 7.80. The van der Waals surface area contributed by atoms with Gasteiger partial charge >= 0.3 is 0 Å². The third-order valence-electron chi connectivity index (χ3n) is 4.25. The number of fused-ring (bicyclic) bond motifs is 1. The van der Waals surface area contributed by atoms with Crippen molar-refractivity contribution in [3.05, 3.63) is 80.1 Å². The number of carbonyl (C=O) groups is 2. The molecule has 0 aliphatic carbocycles. The van der Waals surface area contributed by atoms with Gasteiger partial charge in [0.05, 0.1) is 16.6 Å². The number of nitrogens with zero attached hydrogens (tertiary/aromatic N) is 1. The predicted octanol–water partition coefficient (Wildman–Crippen LogP) is 3.93. The molecule has 1 aliphatic heterocycles. The molecule has 4 rings (SSSR count). The minimum absolute atomic E-state index is 0.0437. The molecule has 1 fully saturated rings. The third kappa shape index (κ3) is 3.55. The van der Waals surface area contributed by atoms with Gasteiger partial charge in [-0.15, -0.1) is 0 Å². The van der Waals surface area contributed by atoms with Gasteiger partial charge in [-0.05, 0) is 54.7 Å². The van der Waals surface area contributed by atoms with Crippen molar-refractivity contribution in [1.82, 2.24) is 5.32 Å². The number of hydrogen-bond donors (Lipinski definition) is 1. The van der Waals surface area contributed by atoms with Crippen LogP contribution in [0.15, 0.2) is 63.5 Å². The Labute approximate surface area is 179 Å². The molecule has 2 aromatic carbocycles. The molecule has 3 aromatic rings. The van der Waals surface area contributed by atoms with Crippen molar-refractivity contribution in [2.75, 3.05) is 4.90 Å². The monoisotopic (exact) mass is 444 g/mol. The summed E-state index contributed by atoms with van der Waals surface area (Å²) >= 11 is 16.9. The molecule has 9 heteroatoms. The molecule has 0 bridgehead atoms. The molecule has 0 unspecified atom stereocenters. The van der Waals surface area contributed by atoms with Crippen molar-refractivity contribution >= 4 is 75.1 Å². The standard InChI is InChI=1S/C20H10Cl2N2O4S/c21-11-1-4-13(5-2-11)24-19(27)15(18(26)23-20(24)29)7-10-9-28-16-8-12(22)3-6-14(16)17(10)25/h1-9H,(H,23,26,29)/b15-7+. The summed E-state index contributed by atoms with van der Waals surface area (Å²) in [6.07, 6.45) is 2.36. The molecule has 1 aliphatic rings. The van der Waals surface area contributed by atoms with E-state index in [1.165, 1.54) is 24.5 Å². The van der Waals surface area contributed by atoms with Gasteiger partial charge in [-0.2, -0.15) is 0 Å². The second kappa shape index (κ2) is 7.44. The van der Waals surface area contributed by atoms with Gasteiger partial charge in [0.15, 0.2) is 10.5 Å². The van der Waals surface area contributed by atoms with Gasteiger partial charge in [0, 0.05) is 16.1 Å². The van der Waals surface area contributed by atoms with Crippen LogP contribution in [0.3, 0.4) is 0 Å². The predicted molar refractivity (Wildman–Crippen MR) is 115 cm³/mol. The molecule has 0 atom stereocenters. The van der Waals surface area contributed by atoms with Gasteiger partial charge in [-0.3, -0.25) is 24.6 Å². The van der Waals surface area contributed by atoms with Crippen molar-refractivity contribution < 1.29 is 14.0 Å². The Morgan fingerprint density at radius 1 is 1.00 bits per heavy atom. The molecule has 0 spiro atoms. The van der Waals surface area contributed by atoms with Crippen LogP contribution >= 0.6 is 35.4 Å². The maximum atomic E-state index is 13.0. The number of halogens is 2. The Morgan fingerprint density at radius 3 is 2.41 bits per heavy atom. The number of carbonyl (C=O) groups excluding carboxylic acids is 2. The fourth-order valence-corrected chi connectivity index (χ4v) is 3.42. The van der Waals surface area contributed by atoms with Crippen molar-refractivity contribution in [1.29, 1.82) is 0 Å². The molecule has 144 valence electrons. The number of anilines is 1. The lowest BCUT2D eigenvalue weighted by molar-refractivity contribution is -0.122. The zero-order valence-corrected chi connectivity index (χ0v) is 16.8. The summed E-state index contributed by atoms with van der Waals surface area (Å²) < 4.78 is 5.44. The molecular weight excluding hydrogens is 435 g/mol. The summed E-state index contributed by atoms with van der Waals surface area (Å²) in [5, 5.41) is 3.56. The number of rotatable bonds is 2. The average Bonchev–Trinajstić information content (AvgIpc) is 2.68. The second-order valence-electron chi connectivity index (χ2n) is 6.09. The quantitative estimate of drug-likeness (QED) is 0.368. The molecule has 1 saturated heterocycles. The first-order chi connectivity index (χ1) is 13.8. The normalized spacial score (nSPS) is 15.9. The van der Waals surface area contributed by atoms with Gasteiger partial charge in [-0.25, -0.2) is 0 Å². The lowest BCUT2D eigenvalue weighted by Crippen LogP contribution is -2.54. The van der Waals surface area contributed by atoms with Crippen LogP contribution in [0.5, 0.6) is 0 Å². The van der Waals surface area contributed by atoms with E-state index >= 15 is 0 Å². The van der Waals surface area contributed by atoms with Gasteiger partial charge in [0.25, 0.3) is 11.8 Å². The summed E-state index contributed by atoms with van der Waals surface area (Å²) in [6, 6.07) is 10.9. The van der Waals surface area contributed by atoms with Crippen molar-refractivity contribution in [2.24, 2.45) is 0 Å². The first-order valence-corrected chi connectivity index (χ1v) is 9.39. The Morgan fingerprint density at radius 2 is 1.69 bits per heavy atom. The van der Waals surface area contributed by atoms with Gasteiger partial charge < -0.3 is 4.42 Å². The van der Waals surface area contributed by atoms with Crippen LogP contribution in [0.4, 0.5) is 5.69 Å². The van der Waals surface area contributed by atoms with E-state index in [1.807, 2.05) is 0 Å². The van der Waals surface area contributed by atoms with E-state index in [2.05, 4.69) is 5.32 Å². The molecule has 2 heterocycles. The molecule has 1 aromatic heterocycles. The van der Waals surface area contributed by atoms with E-state index in [9.17, 15) is 14.4 Å². The summed E-state index contributed by atoms with van der Waals surface area (Å²) in [6.45, 7) is 0. The van der Waals surface area contributed by atoms with Crippen LogP contribution in [0.2, 0.25) is 10.0 Å². The van der Waals surface area contributed by atoms with Crippen LogP contribution < -0.4 is 15.6 Å². The Balaban J connectivity index is 1.80. The SMILES string of the molecule is O=C1NC(=S)N(c2ccc(Cl)cc2)C(=O)/C1=C/c1coc2cc(Cl)ccc2c1=O. The van der Waals surface area contributed by atoms with Crippen LogP contribution in [0.1, 0.15) is 5.56 Å². The summed E-state index contributed by atoms with van der Waals surface area (Å²) in [5.74, 6) is -1.38. The number of hydrogen-bond acceptors (Lipinski definition) is 5. The molecule has 0 saturated carbocycles. The number of nitrogens with one attached hydrogen (secondary N) is 1. The minimum Gasteiger partial charge on any atom is -0.463 e. The van der Waals surface area contributed by atoms with Crippen molar-refractivity contribution in [3.63, 3.8) is 0 Å². The first kappa shape index (κ1) is 19.3. The first-order valence-electron chi connectivity index (χ1n) is 8.23. The summed E-state index contributed by atoms with van der Waals surface area (Å²) in [5.41, 5.74) is 0.113. The van der Waals surface area contributed by atoms with Gasteiger partial charge in [0.2, 0.25) is 0 Å².